The van der Waals surface area contributed by atoms with E-state index in [-0.39, 0.29) is 5.91 Å². The normalized spacial score (nSPS) is 20.6. The first-order valence-electron chi connectivity index (χ1n) is 6.14. The molecule has 0 aromatic carbocycles. The van der Waals surface area contributed by atoms with E-state index < -0.39 is 0 Å². The van der Waals surface area contributed by atoms with Crippen molar-refractivity contribution >= 4 is 21.8 Å². The van der Waals surface area contributed by atoms with E-state index in [1.807, 2.05) is 25.7 Å². The Morgan fingerprint density at radius 3 is 2.78 bits per heavy atom. The monoisotopic (exact) mass is 314 g/mol. The van der Waals surface area contributed by atoms with Gasteiger partial charge in [0, 0.05) is 39.6 Å². The molecule has 1 saturated heterocycles. The van der Waals surface area contributed by atoms with Gasteiger partial charge in [0.1, 0.15) is 0 Å². The van der Waals surface area contributed by atoms with Crippen molar-refractivity contribution in [3.63, 3.8) is 0 Å². The lowest BCUT2D eigenvalue weighted by Gasteiger charge is -2.30. The molecule has 1 unspecified atom stereocenters. The molecule has 1 atom stereocenters. The minimum atomic E-state index is 0.241. The Hall–Kier alpha value is -0.880. The van der Waals surface area contributed by atoms with Crippen LogP contribution in [0.15, 0.2) is 4.47 Å². The zero-order valence-electron chi connectivity index (χ0n) is 11.0. The third-order valence-corrected chi connectivity index (χ3v) is 4.48. The maximum atomic E-state index is 11.4. The molecular formula is C12H19BrN4O. The third kappa shape index (κ3) is 2.75. The van der Waals surface area contributed by atoms with Gasteiger partial charge in [-0.25, -0.2) is 0 Å². The lowest BCUT2D eigenvalue weighted by atomic mass is 10.1. The molecule has 1 aliphatic heterocycles. The van der Waals surface area contributed by atoms with Crippen LogP contribution in [0.4, 0.5) is 0 Å². The highest BCUT2D eigenvalue weighted by molar-refractivity contribution is 9.10. The maximum absolute atomic E-state index is 11.4. The zero-order valence-corrected chi connectivity index (χ0v) is 12.6. The molecule has 0 bridgehead atoms. The second-order valence-corrected chi connectivity index (χ2v) is 5.65. The second kappa shape index (κ2) is 5.40. The van der Waals surface area contributed by atoms with E-state index in [2.05, 4.69) is 26.3 Å². The van der Waals surface area contributed by atoms with Gasteiger partial charge in [-0.1, -0.05) is 0 Å². The highest BCUT2D eigenvalue weighted by atomic mass is 79.9. The summed E-state index contributed by atoms with van der Waals surface area (Å²) in [6.45, 7) is 3.54. The smallest absolute Gasteiger partial charge is 0.222 e. The Labute approximate surface area is 116 Å². The summed E-state index contributed by atoms with van der Waals surface area (Å²) in [4.78, 5) is 13.2. The van der Waals surface area contributed by atoms with Crippen LogP contribution >= 0.6 is 15.9 Å². The van der Waals surface area contributed by atoms with Crippen molar-refractivity contribution in [3.8, 4) is 0 Å². The van der Waals surface area contributed by atoms with Crippen LogP contribution in [-0.2, 0) is 18.4 Å². The predicted octanol–water partition coefficient (Wildman–Crippen LogP) is 1.20. The first-order valence-corrected chi connectivity index (χ1v) is 6.93. The highest BCUT2D eigenvalue weighted by Gasteiger charge is 2.23. The first-order chi connectivity index (χ1) is 8.49. The molecule has 0 saturated carbocycles. The number of hydrogen-bond donors (Lipinski definition) is 1. The van der Waals surface area contributed by atoms with Gasteiger partial charge in [0.25, 0.3) is 0 Å². The molecule has 100 valence electrons. The van der Waals surface area contributed by atoms with Crippen molar-refractivity contribution in [2.75, 3.05) is 13.6 Å². The van der Waals surface area contributed by atoms with Crippen LogP contribution in [0.5, 0.6) is 0 Å². The molecule has 2 rings (SSSR count). The predicted molar refractivity (Wildman–Crippen MR) is 73.1 cm³/mol. The van der Waals surface area contributed by atoms with E-state index >= 15 is 0 Å². The number of halogens is 1. The van der Waals surface area contributed by atoms with E-state index in [0.29, 0.717) is 12.5 Å². The topological polar surface area (TPSA) is 50.2 Å². The molecule has 1 aromatic rings. The minimum absolute atomic E-state index is 0.241. The molecule has 0 radical (unpaired) electrons. The number of aryl methyl sites for hydroxylation is 2. The summed E-state index contributed by atoms with van der Waals surface area (Å²) < 4.78 is 2.96. The summed E-state index contributed by atoms with van der Waals surface area (Å²) in [7, 11) is 3.81. The Balaban J connectivity index is 1.94. The van der Waals surface area contributed by atoms with Gasteiger partial charge >= 0.3 is 0 Å². The van der Waals surface area contributed by atoms with Crippen molar-refractivity contribution < 1.29 is 4.79 Å². The number of carbonyl (C=O) groups excluding carboxylic acids is 1. The number of carbonyl (C=O) groups is 1. The van der Waals surface area contributed by atoms with Crippen LogP contribution in [0.25, 0.3) is 0 Å². The average molecular weight is 315 g/mol. The molecule has 1 aliphatic rings. The zero-order chi connectivity index (χ0) is 13.3. The summed E-state index contributed by atoms with van der Waals surface area (Å²) in [6, 6.07) is 0.370. The van der Waals surface area contributed by atoms with Crippen LogP contribution in [0.3, 0.4) is 0 Å². The number of nitrogens with one attached hydrogen (secondary N) is 1. The van der Waals surface area contributed by atoms with Crippen molar-refractivity contribution in [2.24, 2.45) is 7.05 Å². The van der Waals surface area contributed by atoms with E-state index in [0.717, 1.165) is 35.4 Å². The van der Waals surface area contributed by atoms with Crippen molar-refractivity contribution in [2.45, 2.75) is 32.4 Å². The number of hydrogen-bond acceptors (Lipinski definition) is 3. The third-order valence-electron chi connectivity index (χ3n) is 3.45. The molecule has 1 fully saturated rings. The van der Waals surface area contributed by atoms with E-state index in [1.165, 1.54) is 0 Å². The minimum Gasteiger partial charge on any atom is -0.344 e. The van der Waals surface area contributed by atoms with Gasteiger partial charge in [0.05, 0.1) is 15.9 Å². The molecule has 5 nitrogen and oxygen atoms in total. The number of piperidine rings is 1. The van der Waals surface area contributed by atoms with Gasteiger partial charge in [-0.2, -0.15) is 5.10 Å². The van der Waals surface area contributed by atoms with Gasteiger partial charge in [-0.15, -0.1) is 0 Å². The summed E-state index contributed by atoms with van der Waals surface area (Å²) >= 11 is 3.56. The number of likely N-dealkylation sites (tertiary alicyclic amines) is 1. The van der Waals surface area contributed by atoms with Gasteiger partial charge in [0.2, 0.25) is 5.91 Å². The fourth-order valence-electron chi connectivity index (χ4n) is 2.29. The van der Waals surface area contributed by atoms with Crippen LogP contribution in [-0.4, -0.2) is 40.2 Å². The standard InChI is InChI=1S/C12H19BrN4O/c1-8-12(13)10(17(3)15-8)6-14-9-4-5-11(18)16(2)7-9/h9,14H,4-7H2,1-3H3. The van der Waals surface area contributed by atoms with E-state index in [9.17, 15) is 4.79 Å². The first kappa shape index (κ1) is 13.5. The summed E-state index contributed by atoms with van der Waals surface area (Å²) in [5.41, 5.74) is 2.15. The molecule has 2 heterocycles. The average Bonchev–Trinajstić information content (AvgIpc) is 2.56. The Kier molecular flexibility index (Phi) is 4.07. The second-order valence-electron chi connectivity index (χ2n) is 4.86. The summed E-state index contributed by atoms with van der Waals surface area (Å²) in [5, 5.41) is 7.87. The van der Waals surface area contributed by atoms with Gasteiger partial charge < -0.3 is 10.2 Å². The fraction of sp³-hybridized carbons (Fsp3) is 0.667. The number of nitrogens with zero attached hydrogens (tertiary/aromatic N) is 3. The lowest BCUT2D eigenvalue weighted by molar-refractivity contribution is -0.132. The lowest BCUT2D eigenvalue weighted by Crippen LogP contribution is -2.46. The summed E-state index contributed by atoms with van der Waals surface area (Å²) in [5.74, 6) is 0.241. The molecule has 0 spiro atoms. The van der Waals surface area contributed by atoms with Crippen LogP contribution < -0.4 is 5.32 Å². The fourth-order valence-corrected chi connectivity index (χ4v) is 2.77. The highest BCUT2D eigenvalue weighted by Crippen LogP contribution is 2.20. The number of rotatable bonds is 3. The number of aromatic nitrogens is 2. The van der Waals surface area contributed by atoms with Gasteiger partial charge in [0.15, 0.2) is 0 Å². The Bertz CT molecular complexity index is 457. The molecule has 0 aliphatic carbocycles. The molecule has 1 aromatic heterocycles. The quantitative estimate of drug-likeness (QED) is 0.912. The van der Waals surface area contributed by atoms with Crippen LogP contribution in [0.1, 0.15) is 24.2 Å². The molecule has 1 N–H and O–H groups in total. The van der Waals surface area contributed by atoms with Crippen LogP contribution in [0, 0.1) is 6.92 Å². The molecule has 1 amide bonds. The molecular weight excluding hydrogens is 296 g/mol. The van der Waals surface area contributed by atoms with Crippen LogP contribution in [0.2, 0.25) is 0 Å². The SMILES string of the molecule is Cc1nn(C)c(CNC2CCC(=O)N(C)C2)c1Br. The van der Waals surface area contributed by atoms with Crippen molar-refractivity contribution in [1.29, 1.82) is 0 Å². The largest absolute Gasteiger partial charge is 0.344 e. The Morgan fingerprint density at radius 2 is 2.22 bits per heavy atom. The molecule has 6 heteroatoms. The van der Waals surface area contributed by atoms with Crippen molar-refractivity contribution in [3.05, 3.63) is 15.9 Å². The van der Waals surface area contributed by atoms with Gasteiger partial charge in [-0.3, -0.25) is 9.48 Å². The molecule has 18 heavy (non-hydrogen) atoms. The summed E-state index contributed by atoms with van der Waals surface area (Å²) in [6.07, 6.45) is 1.55. The van der Waals surface area contributed by atoms with E-state index in [1.54, 1.807) is 4.90 Å². The Morgan fingerprint density at radius 1 is 1.50 bits per heavy atom. The van der Waals surface area contributed by atoms with Gasteiger partial charge in [-0.05, 0) is 29.3 Å². The number of likely N-dealkylation sites (N-methyl/N-ethyl adjacent to an activating group) is 1. The van der Waals surface area contributed by atoms with E-state index in [4.69, 9.17) is 0 Å². The van der Waals surface area contributed by atoms with Crippen molar-refractivity contribution in [1.82, 2.24) is 20.0 Å². The number of amides is 1. The maximum Gasteiger partial charge on any atom is 0.222 e.